The Morgan fingerprint density at radius 3 is 2.47 bits per heavy atom. The van der Waals surface area contributed by atoms with E-state index in [1.165, 1.54) is 25.3 Å². The van der Waals surface area contributed by atoms with E-state index in [0.717, 1.165) is 23.4 Å². The van der Waals surface area contributed by atoms with Crippen LogP contribution < -0.4 is 19.1 Å². The van der Waals surface area contributed by atoms with E-state index in [4.69, 9.17) is 9.47 Å². The van der Waals surface area contributed by atoms with Gasteiger partial charge in [-0.25, -0.2) is 8.42 Å². The number of carbonyl (C=O) groups is 1. The minimum atomic E-state index is -3.76. The molecule has 0 saturated heterocycles. The molecule has 0 bridgehead atoms. The molecule has 0 aliphatic heterocycles. The van der Waals surface area contributed by atoms with Gasteiger partial charge in [0.1, 0.15) is 17.5 Å². The Hall–Kier alpha value is -2.74. The van der Waals surface area contributed by atoms with Gasteiger partial charge in [-0.05, 0) is 44.4 Å². The molecule has 7 nitrogen and oxygen atoms in total. The zero-order chi connectivity index (χ0) is 22.3. The van der Waals surface area contributed by atoms with E-state index in [9.17, 15) is 13.2 Å². The molecule has 8 heteroatoms. The van der Waals surface area contributed by atoms with Gasteiger partial charge < -0.3 is 14.8 Å². The third-order valence-electron chi connectivity index (χ3n) is 4.74. The SMILES string of the molecule is COc1ccc(OC)c(N([C@@H](C)C(=O)NCCCc2cccc(C)c2)S(C)(=O)=O)c1. The van der Waals surface area contributed by atoms with Crippen LogP contribution in [0.15, 0.2) is 42.5 Å². The minimum Gasteiger partial charge on any atom is -0.497 e. The third kappa shape index (κ3) is 6.13. The summed E-state index contributed by atoms with van der Waals surface area (Å²) in [6, 6.07) is 12.1. The van der Waals surface area contributed by atoms with Crippen LogP contribution in [0.25, 0.3) is 0 Å². The Morgan fingerprint density at radius 2 is 1.87 bits per heavy atom. The van der Waals surface area contributed by atoms with Crippen LogP contribution in [0.2, 0.25) is 0 Å². The van der Waals surface area contributed by atoms with Crippen molar-refractivity contribution in [3.05, 3.63) is 53.6 Å². The van der Waals surface area contributed by atoms with Crippen LogP contribution in [-0.4, -0.2) is 47.4 Å². The highest BCUT2D eigenvalue weighted by atomic mass is 32.2. The molecule has 0 fully saturated rings. The molecule has 2 aromatic rings. The van der Waals surface area contributed by atoms with E-state index >= 15 is 0 Å². The lowest BCUT2D eigenvalue weighted by Crippen LogP contribution is -2.48. The van der Waals surface area contributed by atoms with E-state index in [2.05, 4.69) is 17.4 Å². The summed E-state index contributed by atoms with van der Waals surface area (Å²) in [5, 5.41) is 2.84. The van der Waals surface area contributed by atoms with Crippen molar-refractivity contribution in [2.24, 2.45) is 0 Å². The maximum Gasteiger partial charge on any atom is 0.243 e. The molecule has 30 heavy (non-hydrogen) atoms. The first-order valence-corrected chi connectivity index (χ1v) is 11.6. The quantitative estimate of drug-likeness (QED) is 0.581. The lowest BCUT2D eigenvalue weighted by molar-refractivity contribution is -0.121. The van der Waals surface area contributed by atoms with Gasteiger partial charge in [-0.15, -0.1) is 0 Å². The van der Waals surface area contributed by atoms with E-state index in [0.29, 0.717) is 18.0 Å². The number of hydrogen-bond acceptors (Lipinski definition) is 5. The maximum absolute atomic E-state index is 12.7. The fourth-order valence-electron chi connectivity index (χ4n) is 3.27. The van der Waals surface area contributed by atoms with Gasteiger partial charge in [0.25, 0.3) is 0 Å². The molecule has 164 valence electrons. The average molecular weight is 435 g/mol. The van der Waals surface area contributed by atoms with Gasteiger partial charge in [-0.3, -0.25) is 9.10 Å². The summed E-state index contributed by atoms with van der Waals surface area (Å²) in [5.41, 5.74) is 2.65. The maximum atomic E-state index is 12.7. The molecule has 1 N–H and O–H groups in total. The monoisotopic (exact) mass is 434 g/mol. The standard InChI is InChI=1S/C22H30N2O5S/c1-16-8-6-9-18(14-16)10-7-13-23-22(25)17(2)24(30(5,26)27)20-15-19(28-3)11-12-21(20)29-4/h6,8-9,11-12,14-15,17H,7,10,13H2,1-5H3,(H,23,25)/t17-/m0/s1. The summed E-state index contributed by atoms with van der Waals surface area (Å²) in [6.07, 6.45) is 2.65. The van der Waals surface area contributed by atoms with Crippen molar-refractivity contribution in [2.45, 2.75) is 32.7 Å². The van der Waals surface area contributed by atoms with Crippen LogP contribution in [0.5, 0.6) is 11.5 Å². The van der Waals surface area contributed by atoms with Gasteiger partial charge in [0.2, 0.25) is 15.9 Å². The molecule has 0 spiro atoms. The number of anilines is 1. The second kappa shape index (κ2) is 10.3. The Balaban J connectivity index is 2.12. The Kier molecular flexibility index (Phi) is 8.11. The fourth-order valence-corrected chi connectivity index (χ4v) is 4.44. The molecule has 1 amide bonds. The number of sulfonamides is 1. The summed E-state index contributed by atoms with van der Waals surface area (Å²) in [4.78, 5) is 12.7. The van der Waals surface area contributed by atoms with E-state index in [1.807, 2.05) is 19.1 Å². The second-order valence-corrected chi connectivity index (χ2v) is 9.02. The zero-order valence-corrected chi connectivity index (χ0v) is 19.0. The lowest BCUT2D eigenvalue weighted by atomic mass is 10.1. The zero-order valence-electron chi connectivity index (χ0n) is 18.1. The lowest BCUT2D eigenvalue weighted by Gasteiger charge is -2.29. The largest absolute Gasteiger partial charge is 0.497 e. The van der Waals surface area contributed by atoms with E-state index in [-0.39, 0.29) is 11.6 Å². The van der Waals surface area contributed by atoms with Crippen molar-refractivity contribution in [3.8, 4) is 11.5 Å². The molecule has 1 atom stereocenters. The molecule has 0 heterocycles. The summed E-state index contributed by atoms with van der Waals surface area (Å²) < 4.78 is 36.7. The van der Waals surface area contributed by atoms with Gasteiger partial charge in [0.05, 0.1) is 26.2 Å². The fraction of sp³-hybridized carbons (Fsp3) is 0.409. The number of nitrogens with zero attached hydrogens (tertiary/aromatic N) is 1. The van der Waals surface area contributed by atoms with E-state index < -0.39 is 16.1 Å². The number of rotatable bonds is 10. The molecule has 2 rings (SSSR count). The predicted molar refractivity (Wildman–Crippen MR) is 119 cm³/mol. The highest BCUT2D eigenvalue weighted by Gasteiger charge is 2.31. The van der Waals surface area contributed by atoms with Crippen LogP contribution in [0.1, 0.15) is 24.5 Å². The number of carbonyl (C=O) groups excluding carboxylic acids is 1. The van der Waals surface area contributed by atoms with Crippen LogP contribution >= 0.6 is 0 Å². The molecule has 0 unspecified atom stereocenters. The topological polar surface area (TPSA) is 84.9 Å². The van der Waals surface area contributed by atoms with Gasteiger partial charge in [0.15, 0.2) is 0 Å². The molecular weight excluding hydrogens is 404 g/mol. The van der Waals surface area contributed by atoms with Crippen molar-refractivity contribution in [1.82, 2.24) is 5.32 Å². The average Bonchev–Trinajstić information content (AvgIpc) is 2.70. The van der Waals surface area contributed by atoms with Crippen molar-refractivity contribution in [2.75, 3.05) is 31.3 Å². The van der Waals surface area contributed by atoms with Crippen molar-refractivity contribution in [3.63, 3.8) is 0 Å². The Labute approximate surface area is 179 Å². The Morgan fingerprint density at radius 1 is 1.13 bits per heavy atom. The van der Waals surface area contributed by atoms with Gasteiger partial charge in [-0.2, -0.15) is 0 Å². The first kappa shape index (κ1) is 23.5. The predicted octanol–water partition coefficient (Wildman–Crippen LogP) is 2.92. The number of nitrogens with one attached hydrogen (secondary N) is 1. The van der Waals surface area contributed by atoms with Crippen molar-refractivity contribution < 1.29 is 22.7 Å². The Bertz CT molecular complexity index is 975. The molecule has 0 radical (unpaired) electrons. The first-order valence-electron chi connectivity index (χ1n) is 9.72. The normalized spacial score (nSPS) is 12.2. The molecule has 0 saturated carbocycles. The van der Waals surface area contributed by atoms with Gasteiger partial charge in [-0.1, -0.05) is 29.8 Å². The summed E-state index contributed by atoms with van der Waals surface area (Å²) in [5.74, 6) is 0.417. The van der Waals surface area contributed by atoms with Crippen molar-refractivity contribution >= 4 is 21.6 Å². The van der Waals surface area contributed by atoms with Crippen molar-refractivity contribution in [1.29, 1.82) is 0 Å². The van der Waals surface area contributed by atoms with Gasteiger partial charge in [0, 0.05) is 12.6 Å². The third-order valence-corrected chi connectivity index (χ3v) is 5.96. The molecule has 2 aromatic carbocycles. The van der Waals surface area contributed by atoms with Crippen LogP contribution in [0.3, 0.4) is 0 Å². The van der Waals surface area contributed by atoms with Crippen LogP contribution in [-0.2, 0) is 21.2 Å². The molecule has 0 aromatic heterocycles. The van der Waals surface area contributed by atoms with Crippen LogP contribution in [0.4, 0.5) is 5.69 Å². The molecule has 0 aliphatic carbocycles. The number of aryl methyl sites for hydroxylation is 2. The molecular formula is C22H30N2O5S. The highest BCUT2D eigenvalue weighted by Crippen LogP contribution is 2.35. The first-order chi connectivity index (χ1) is 14.2. The second-order valence-electron chi connectivity index (χ2n) is 7.16. The minimum absolute atomic E-state index is 0.252. The smallest absolute Gasteiger partial charge is 0.243 e. The summed E-state index contributed by atoms with van der Waals surface area (Å²) >= 11 is 0. The molecule has 0 aliphatic rings. The number of methoxy groups -OCH3 is 2. The highest BCUT2D eigenvalue weighted by molar-refractivity contribution is 7.92. The van der Waals surface area contributed by atoms with E-state index in [1.54, 1.807) is 25.1 Å². The number of benzene rings is 2. The summed E-state index contributed by atoms with van der Waals surface area (Å²) in [6.45, 7) is 4.04. The number of hydrogen-bond donors (Lipinski definition) is 1. The summed E-state index contributed by atoms with van der Waals surface area (Å²) in [7, 11) is -0.828. The van der Waals surface area contributed by atoms with Gasteiger partial charge >= 0.3 is 0 Å². The number of ether oxygens (including phenoxy) is 2. The number of amides is 1. The van der Waals surface area contributed by atoms with Crippen LogP contribution in [0, 0.1) is 6.92 Å².